The second-order valence-corrected chi connectivity index (χ2v) is 5.39. The zero-order chi connectivity index (χ0) is 12.1. The van der Waals surface area contributed by atoms with Gasteiger partial charge in [-0.25, -0.2) is 0 Å². The molecule has 0 N–H and O–H groups in total. The van der Waals surface area contributed by atoms with Crippen LogP contribution >= 0.6 is 0 Å². The summed E-state index contributed by atoms with van der Waals surface area (Å²) in [5, 5.41) is 0. The van der Waals surface area contributed by atoms with E-state index in [2.05, 4.69) is 18.7 Å². The van der Waals surface area contributed by atoms with Crippen molar-refractivity contribution in [1.29, 1.82) is 0 Å². The number of rotatable bonds is 6. The molecule has 0 radical (unpaired) electrons. The third-order valence-electron chi connectivity index (χ3n) is 4.40. The van der Waals surface area contributed by atoms with Crippen molar-refractivity contribution >= 4 is 0 Å². The summed E-state index contributed by atoms with van der Waals surface area (Å²) in [6, 6.07) is 0. The van der Waals surface area contributed by atoms with Gasteiger partial charge in [-0.1, -0.05) is 26.7 Å². The van der Waals surface area contributed by atoms with Crippen molar-refractivity contribution in [3.63, 3.8) is 0 Å². The molecule has 2 aliphatic heterocycles. The van der Waals surface area contributed by atoms with Crippen molar-refractivity contribution in [1.82, 2.24) is 4.90 Å². The van der Waals surface area contributed by atoms with Gasteiger partial charge in [0.25, 0.3) is 0 Å². The highest BCUT2D eigenvalue weighted by atomic mass is 16.7. The molecule has 0 aromatic rings. The van der Waals surface area contributed by atoms with Gasteiger partial charge in [-0.2, -0.15) is 0 Å². The lowest BCUT2D eigenvalue weighted by atomic mass is 9.87. The van der Waals surface area contributed by atoms with E-state index in [1.807, 2.05) is 0 Å². The molecule has 0 saturated carbocycles. The first-order chi connectivity index (χ1) is 8.33. The van der Waals surface area contributed by atoms with Crippen LogP contribution in [0.5, 0.6) is 0 Å². The van der Waals surface area contributed by atoms with Gasteiger partial charge in [0.15, 0.2) is 6.29 Å². The molecule has 0 amide bonds. The molecule has 0 aromatic heterocycles. The maximum Gasteiger partial charge on any atom is 0.159 e. The van der Waals surface area contributed by atoms with Crippen molar-refractivity contribution in [3.05, 3.63) is 0 Å². The largest absolute Gasteiger partial charge is 0.350 e. The Kier molecular flexibility index (Phi) is 5.26. The molecule has 2 heterocycles. The van der Waals surface area contributed by atoms with Gasteiger partial charge < -0.3 is 14.4 Å². The molecule has 0 spiro atoms. The van der Waals surface area contributed by atoms with Crippen LogP contribution in [0.25, 0.3) is 0 Å². The highest BCUT2D eigenvalue weighted by molar-refractivity contribution is 4.80. The molecule has 2 rings (SSSR count). The fourth-order valence-corrected chi connectivity index (χ4v) is 3.27. The zero-order valence-electron chi connectivity index (χ0n) is 11.4. The standard InChI is InChI=1S/C14H27NO2/c1-3-12(4-2)13-5-7-15(11-13)8-6-14-16-9-10-17-14/h12-14H,3-11H2,1-2H3/t13-/m1/s1. The monoisotopic (exact) mass is 241 g/mol. The van der Waals surface area contributed by atoms with Gasteiger partial charge in [-0.15, -0.1) is 0 Å². The summed E-state index contributed by atoms with van der Waals surface area (Å²) >= 11 is 0. The first kappa shape index (κ1) is 13.3. The minimum Gasteiger partial charge on any atom is -0.350 e. The Balaban J connectivity index is 1.66. The molecule has 2 fully saturated rings. The SMILES string of the molecule is CCC(CC)[C@@H]1CCN(CCC2OCCO2)C1. The Morgan fingerprint density at radius 1 is 1.18 bits per heavy atom. The van der Waals surface area contributed by atoms with Crippen molar-refractivity contribution in [2.45, 2.75) is 45.8 Å². The second-order valence-electron chi connectivity index (χ2n) is 5.39. The summed E-state index contributed by atoms with van der Waals surface area (Å²) < 4.78 is 11.0. The van der Waals surface area contributed by atoms with E-state index >= 15 is 0 Å². The second kappa shape index (κ2) is 6.72. The Morgan fingerprint density at radius 3 is 2.53 bits per heavy atom. The van der Waals surface area contributed by atoms with Gasteiger partial charge in [0, 0.05) is 19.5 Å². The van der Waals surface area contributed by atoms with Crippen molar-refractivity contribution in [2.24, 2.45) is 11.8 Å². The number of nitrogens with zero attached hydrogens (tertiary/aromatic N) is 1. The third-order valence-corrected chi connectivity index (χ3v) is 4.40. The van der Waals surface area contributed by atoms with E-state index in [-0.39, 0.29) is 6.29 Å². The number of hydrogen-bond acceptors (Lipinski definition) is 3. The lowest BCUT2D eigenvalue weighted by Crippen LogP contribution is -2.27. The van der Waals surface area contributed by atoms with Gasteiger partial charge in [0.05, 0.1) is 13.2 Å². The summed E-state index contributed by atoms with van der Waals surface area (Å²) in [5.74, 6) is 1.86. The maximum absolute atomic E-state index is 5.48. The summed E-state index contributed by atoms with van der Waals surface area (Å²) in [6.07, 6.45) is 5.17. The molecule has 0 aromatic carbocycles. The predicted molar refractivity (Wildman–Crippen MR) is 68.9 cm³/mol. The molecule has 0 unspecified atom stereocenters. The minimum absolute atomic E-state index is 0.0715. The van der Waals surface area contributed by atoms with Gasteiger partial charge in [-0.3, -0.25) is 0 Å². The smallest absolute Gasteiger partial charge is 0.159 e. The van der Waals surface area contributed by atoms with E-state index in [1.54, 1.807) is 0 Å². The Bertz CT molecular complexity index is 212. The summed E-state index contributed by atoms with van der Waals surface area (Å²) in [5.41, 5.74) is 0. The van der Waals surface area contributed by atoms with Crippen molar-refractivity contribution in [2.75, 3.05) is 32.8 Å². The Hall–Kier alpha value is -0.120. The van der Waals surface area contributed by atoms with Gasteiger partial charge >= 0.3 is 0 Å². The van der Waals surface area contributed by atoms with Crippen LogP contribution in [0.2, 0.25) is 0 Å². The van der Waals surface area contributed by atoms with Gasteiger partial charge in [0.2, 0.25) is 0 Å². The molecular formula is C14H27NO2. The number of hydrogen-bond donors (Lipinski definition) is 0. The predicted octanol–water partition coefficient (Wildman–Crippen LogP) is 2.51. The van der Waals surface area contributed by atoms with Crippen LogP contribution in [0.4, 0.5) is 0 Å². The molecule has 2 aliphatic rings. The molecule has 2 saturated heterocycles. The number of ether oxygens (including phenoxy) is 2. The highest BCUT2D eigenvalue weighted by Crippen LogP contribution is 2.28. The number of likely N-dealkylation sites (tertiary alicyclic amines) is 1. The fraction of sp³-hybridized carbons (Fsp3) is 1.00. The van der Waals surface area contributed by atoms with Crippen LogP contribution in [0, 0.1) is 11.8 Å². The van der Waals surface area contributed by atoms with E-state index in [4.69, 9.17) is 9.47 Å². The molecule has 0 bridgehead atoms. The van der Waals surface area contributed by atoms with Gasteiger partial charge in [-0.05, 0) is 24.8 Å². The highest BCUT2D eigenvalue weighted by Gasteiger charge is 2.28. The van der Waals surface area contributed by atoms with E-state index in [0.717, 1.165) is 38.0 Å². The van der Waals surface area contributed by atoms with Crippen molar-refractivity contribution < 1.29 is 9.47 Å². The van der Waals surface area contributed by atoms with Crippen molar-refractivity contribution in [3.8, 4) is 0 Å². The Morgan fingerprint density at radius 2 is 1.88 bits per heavy atom. The van der Waals surface area contributed by atoms with Gasteiger partial charge in [0.1, 0.15) is 0 Å². The average Bonchev–Trinajstić information content (AvgIpc) is 2.99. The summed E-state index contributed by atoms with van der Waals surface area (Å²) in [7, 11) is 0. The Labute approximate surface area is 105 Å². The zero-order valence-corrected chi connectivity index (χ0v) is 11.4. The first-order valence-corrected chi connectivity index (χ1v) is 7.29. The van der Waals surface area contributed by atoms with E-state index in [1.165, 1.54) is 32.4 Å². The normalized spacial score (nSPS) is 27.4. The lowest BCUT2D eigenvalue weighted by Gasteiger charge is -2.22. The molecule has 17 heavy (non-hydrogen) atoms. The molecule has 3 heteroatoms. The van der Waals surface area contributed by atoms with Crippen LogP contribution in [-0.2, 0) is 9.47 Å². The molecule has 3 nitrogen and oxygen atoms in total. The van der Waals surface area contributed by atoms with Crippen LogP contribution in [0.1, 0.15) is 39.5 Å². The van der Waals surface area contributed by atoms with Crippen LogP contribution in [0.15, 0.2) is 0 Å². The molecule has 100 valence electrons. The topological polar surface area (TPSA) is 21.7 Å². The van der Waals surface area contributed by atoms with Crippen LogP contribution < -0.4 is 0 Å². The quantitative estimate of drug-likeness (QED) is 0.713. The lowest BCUT2D eigenvalue weighted by molar-refractivity contribution is -0.0508. The van der Waals surface area contributed by atoms with Crippen LogP contribution in [-0.4, -0.2) is 44.0 Å². The summed E-state index contributed by atoms with van der Waals surface area (Å²) in [6.45, 7) is 9.92. The van der Waals surface area contributed by atoms with E-state index in [9.17, 15) is 0 Å². The molecule has 1 atom stereocenters. The molecular weight excluding hydrogens is 214 g/mol. The first-order valence-electron chi connectivity index (χ1n) is 7.29. The van der Waals surface area contributed by atoms with Crippen LogP contribution in [0.3, 0.4) is 0 Å². The minimum atomic E-state index is 0.0715. The molecule has 0 aliphatic carbocycles. The van der Waals surface area contributed by atoms with E-state index < -0.39 is 0 Å². The maximum atomic E-state index is 5.48. The average molecular weight is 241 g/mol. The van der Waals surface area contributed by atoms with E-state index in [0.29, 0.717) is 0 Å². The fourth-order valence-electron chi connectivity index (χ4n) is 3.27. The third kappa shape index (κ3) is 3.67. The summed E-state index contributed by atoms with van der Waals surface area (Å²) in [4.78, 5) is 2.59.